The SMILES string of the molecule is COC(CNC(=O)c1cc(Cl)ccc1O)OC. The van der Waals surface area contributed by atoms with Crippen molar-refractivity contribution in [2.75, 3.05) is 20.8 Å². The molecule has 1 aromatic carbocycles. The van der Waals surface area contributed by atoms with Crippen LogP contribution in [0.3, 0.4) is 0 Å². The molecule has 0 atom stereocenters. The third kappa shape index (κ3) is 3.89. The first-order valence-electron chi connectivity index (χ1n) is 4.90. The molecule has 2 N–H and O–H groups in total. The van der Waals surface area contributed by atoms with Gasteiger partial charge < -0.3 is 19.9 Å². The predicted molar refractivity (Wildman–Crippen MR) is 63.3 cm³/mol. The number of hydrogen-bond acceptors (Lipinski definition) is 4. The summed E-state index contributed by atoms with van der Waals surface area (Å²) in [6.45, 7) is 0.178. The van der Waals surface area contributed by atoms with E-state index in [4.69, 9.17) is 21.1 Å². The smallest absolute Gasteiger partial charge is 0.255 e. The zero-order valence-corrected chi connectivity index (χ0v) is 10.3. The minimum Gasteiger partial charge on any atom is -0.507 e. The van der Waals surface area contributed by atoms with Crippen molar-refractivity contribution in [3.05, 3.63) is 28.8 Å². The molecule has 0 heterocycles. The van der Waals surface area contributed by atoms with Crippen molar-refractivity contribution >= 4 is 17.5 Å². The molecule has 0 saturated heterocycles. The maximum atomic E-state index is 11.7. The van der Waals surface area contributed by atoms with E-state index in [-0.39, 0.29) is 17.9 Å². The molecule has 0 spiro atoms. The van der Waals surface area contributed by atoms with Crippen molar-refractivity contribution < 1.29 is 19.4 Å². The molecule has 0 aromatic heterocycles. The Morgan fingerprint density at radius 1 is 1.47 bits per heavy atom. The molecule has 5 nitrogen and oxygen atoms in total. The van der Waals surface area contributed by atoms with Gasteiger partial charge in [0.2, 0.25) is 0 Å². The molecular weight excluding hydrogens is 246 g/mol. The Balaban J connectivity index is 2.66. The molecule has 6 heteroatoms. The van der Waals surface area contributed by atoms with E-state index in [0.717, 1.165) is 0 Å². The molecule has 1 amide bonds. The van der Waals surface area contributed by atoms with Crippen LogP contribution in [0.25, 0.3) is 0 Å². The van der Waals surface area contributed by atoms with E-state index < -0.39 is 12.2 Å². The normalized spacial score (nSPS) is 10.6. The number of rotatable bonds is 5. The monoisotopic (exact) mass is 259 g/mol. The highest BCUT2D eigenvalue weighted by molar-refractivity contribution is 6.31. The average molecular weight is 260 g/mol. The summed E-state index contributed by atoms with van der Waals surface area (Å²) in [7, 11) is 2.94. The van der Waals surface area contributed by atoms with Crippen molar-refractivity contribution in [3.8, 4) is 5.75 Å². The van der Waals surface area contributed by atoms with E-state index in [1.165, 1.54) is 32.4 Å². The fourth-order valence-electron chi connectivity index (χ4n) is 1.22. The van der Waals surface area contributed by atoms with Crippen LogP contribution >= 0.6 is 11.6 Å². The molecule has 0 aliphatic carbocycles. The average Bonchev–Trinajstić information content (AvgIpc) is 2.33. The van der Waals surface area contributed by atoms with Crippen LogP contribution < -0.4 is 5.32 Å². The highest BCUT2D eigenvalue weighted by atomic mass is 35.5. The molecule has 1 rings (SSSR count). The van der Waals surface area contributed by atoms with E-state index in [1.807, 2.05) is 0 Å². The van der Waals surface area contributed by atoms with E-state index in [2.05, 4.69) is 5.32 Å². The number of hydrogen-bond donors (Lipinski definition) is 2. The number of carbonyl (C=O) groups is 1. The molecule has 0 saturated carbocycles. The Hall–Kier alpha value is -1.30. The maximum Gasteiger partial charge on any atom is 0.255 e. The molecule has 1 aromatic rings. The van der Waals surface area contributed by atoms with Crippen LogP contribution in [0.15, 0.2) is 18.2 Å². The van der Waals surface area contributed by atoms with Gasteiger partial charge in [0.15, 0.2) is 6.29 Å². The minimum atomic E-state index is -0.528. The number of nitrogens with one attached hydrogen (secondary N) is 1. The fraction of sp³-hybridized carbons (Fsp3) is 0.364. The fourth-order valence-corrected chi connectivity index (χ4v) is 1.40. The number of phenolic OH excluding ortho intramolecular Hbond substituents is 1. The molecule has 0 bridgehead atoms. The Labute approximate surface area is 104 Å². The number of ether oxygens (including phenoxy) is 2. The second kappa shape index (κ2) is 6.44. The topological polar surface area (TPSA) is 67.8 Å². The molecular formula is C11H14ClNO4. The Bertz CT molecular complexity index is 393. The third-order valence-corrected chi connectivity index (χ3v) is 2.39. The lowest BCUT2D eigenvalue weighted by molar-refractivity contribution is -0.0974. The zero-order chi connectivity index (χ0) is 12.8. The van der Waals surface area contributed by atoms with Crippen LogP contribution in [0.1, 0.15) is 10.4 Å². The van der Waals surface area contributed by atoms with Gasteiger partial charge in [0.1, 0.15) is 5.75 Å². The van der Waals surface area contributed by atoms with E-state index in [9.17, 15) is 9.90 Å². The van der Waals surface area contributed by atoms with Gasteiger partial charge in [-0.15, -0.1) is 0 Å². The quantitative estimate of drug-likeness (QED) is 0.785. The van der Waals surface area contributed by atoms with Crippen LogP contribution in [0.5, 0.6) is 5.75 Å². The molecule has 0 unspecified atom stereocenters. The van der Waals surface area contributed by atoms with Crippen molar-refractivity contribution in [1.29, 1.82) is 0 Å². The number of amides is 1. The molecule has 0 aliphatic heterocycles. The number of halogens is 1. The second-order valence-corrected chi connectivity index (χ2v) is 3.71. The molecule has 0 aliphatic rings. The summed E-state index contributed by atoms with van der Waals surface area (Å²) in [5, 5.41) is 12.4. The largest absolute Gasteiger partial charge is 0.507 e. The number of carbonyl (C=O) groups excluding carboxylic acids is 1. The van der Waals surface area contributed by atoms with Crippen LogP contribution in [-0.4, -0.2) is 38.1 Å². The van der Waals surface area contributed by atoms with Gasteiger partial charge in [-0.25, -0.2) is 0 Å². The Morgan fingerprint density at radius 2 is 2.12 bits per heavy atom. The summed E-state index contributed by atoms with van der Waals surface area (Å²) in [5.41, 5.74) is 0.114. The van der Waals surface area contributed by atoms with Crippen molar-refractivity contribution in [2.45, 2.75) is 6.29 Å². The van der Waals surface area contributed by atoms with Gasteiger partial charge in [-0.2, -0.15) is 0 Å². The third-order valence-electron chi connectivity index (χ3n) is 2.16. The number of aromatic hydroxyl groups is 1. The lowest BCUT2D eigenvalue weighted by Crippen LogP contribution is -2.34. The van der Waals surface area contributed by atoms with Crippen LogP contribution in [0, 0.1) is 0 Å². The number of methoxy groups -OCH3 is 2. The Kier molecular flexibility index (Phi) is 5.21. The molecule has 17 heavy (non-hydrogen) atoms. The standard InChI is InChI=1S/C11H14ClNO4/c1-16-10(17-2)6-13-11(15)8-5-7(12)3-4-9(8)14/h3-5,10,14H,6H2,1-2H3,(H,13,15). The van der Waals surface area contributed by atoms with Gasteiger partial charge in [0.05, 0.1) is 12.1 Å². The van der Waals surface area contributed by atoms with E-state index in [1.54, 1.807) is 0 Å². The van der Waals surface area contributed by atoms with E-state index >= 15 is 0 Å². The maximum absolute atomic E-state index is 11.7. The summed E-state index contributed by atoms with van der Waals surface area (Å²) in [6.07, 6.45) is -0.528. The molecule has 0 radical (unpaired) electrons. The summed E-state index contributed by atoms with van der Waals surface area (Å²) in [6, 6.07) is 4.25. The molecule has 94 valence electrons. The summed E-state index contributed by atoms with van der Waals surface area (Å²) in [5.74, 6) is -0.567. The van der Waals surface area contributed by atoms with Gasteiger partial charge in [-0.05, 0) is 18.2 Å². The van der Waals surface area contributed by atoms with Crippen molar-refractivity contribution in [2.24, 2.45) is 0 Å². The number of phenols is 1. The van der Waals surface area contributed by atoms with Gasteiger partial charge in [0, 0.05) is 19.2 Å². The first-order chi connectivity index (χ1) is 8.08. The summed E-state index contributed by atoms with van der Waals surface area (Å²) in [4.78, 5) is 11.7. The second-order valence-electron chi connectivity index (χ2n) is 3.27. The number of benzene rings is 1. The predicted octanol–water partition coefficient (Wildman–Crippen LogP) is 1.39. The lowest BCUT2D eigenvalue weighted by atomic mass is 10.2. The van der Waals surface area contributed by atoms with E-state index in [0.29, 0.717) is 5.02 Å². The first-order valence-corrected chi connectivity index (χ1v) is 5.28. The zero-order valence-electron chi connectivity index (χ0n) is 9.57. The van der Waals surface area contributed by atoms with Crippen molar-refractivity contribution in [1.82, 2.24) is 5.32 Å². The minimum absolute atomic E-state index is 0.114. The van der Waals surface area contributed by atoms with Crippen LogP contribution in [-0.2, 0) is 9.47 Å². The first kappa shape index (κ1) is 13.8. The highest BCUT2D eigenvalue weighted by Gasteiger charge is 2.13. The highest BCUT2D eigenvalue weighted by Crippen LogP contribution is 2.21. The summed E-state index contributed by atoms with van der Waals surface area (Å²) >= 11 is 5.74. The van der Waals surface area contributed by atoms with Crippen LogP contribution in [0.2, 0.25) is 5.02 Å². The lowest BCUT2D eigenvalue weighted by Gasteiger charge is -2.14. The van der Waals surface area contributed by atoms with Gasteiger partial charge in [-0.1, -0.05) is 11.6 Å². The van der Waals surface area contributed by atoms with Gasteiger partial charge in [0.25, 0.3) is 5.91 Å². The summed E-state index contributed by atoms with van der Waals surface area (Å²) < 4.78 is 9.83. The van der Waals surface area contributed by atoms with Crippen molar-refractivity contribution in [3.63, 3.8) is 0 Å². The van der Waals surface area contributed by atoms with Crippen LogP contribution in [0.4, 0.5) is 0 Å². The van der Waals surface area contributed by atoms with Gasteiger partial charge >= 0.3 is 0 Å². The molecule has 0 fully saturated rings. The Morgan fingerprint density at radius 3 is 2.71 bits per heavy atom. The van der Waals surface area contributed by atoms with Gasteiger partial charge in [-0.3, -0.25) is 4.79 Å².